The number of halogens is 1. The molecule has 1 fully saturated rings. The third kappa shape index (κ3) is 3.31. The van der Waals surface area contributed by atoms with Gasteiger partial charge in [-0.3, -0.25) is 5.73 Å². The predicted octanol–water partition coefficient (Wildman–Crippen LogP) is 3.47. The quantitative estimate of drug-likeness (QED) is 0.651. The van der Waals surface area contributed by atoms with Crippen molar-refractivity contribution < 1.29 is 0 Å². The SMILES string of the molecule is NCC1CCC(c2cccc3c2C(N)(c2ccc(Cl)cc2)N=C(N)N3)CC1. The molecule has 2 aliphatic rings. The van der Waals surface area contributed by atoms with Crippen LogP contribution < -0.4 is 22.5 Å². The van der Waals surface area contributed by atoms with E-state index in [1.807, 2.05) is 30.3 Å². The normalized spacial score (nSPS) is 27.4. The summed E-state index contributed by atoms with van der Waals surface area (Å²) in [6.07, 6.45) is 4.55. The molecule has 5 nitrogen and oxygen atoms in total. The summed E-state index contributed by atoms with van der Waals surface area (Å²) in [4.78, 5) is 4.64. The van der Waals surface area contributed by atoms with Crippen molar-refractivity contribution in [3.63, 3.8) is 0 Å². The number of nitrogens with two attached hydrogens (primary N) is 3. The van der Waals surface area contributed by atoms with Crippen LogP contribution in [0.5, 0.6) is 0 Å². The zero-order chi connectivity index (χ0) is 19.0. The van der Waals surface area contributed by atoms with Gasteiger partial charge in [0.25, 0.3) is 0 Å². The van der Waals surface area contributed by atoms with E-state index in [4.69, 9.17) is 28.8 Å². The molecular formula is C21H26ClN5. The third-order valence-corrected chi connectivity index (χ3v) is 6.19. The van der Waals surface area contributed by atoms with Gasteiger partial charge in [0.1, 0.15) is 0 Å². The number of rotatable bonds is 3. The van der Waals surface area contributed by atoms with Gasteiger partial charge < -0.3 is 16.8 Å². The van der Waals surface area contributed by atoms with Crippen LogP contribution in [0.1, 0.15) is 48.3 Å². The van der Waals surface area contributed by atoms with Gasteiger partial charge in [-0.15, -0.1) is 0 Å². The molecule has 0 aromatic heterocycles. The molecule has 0 saturated heterocycles. The highest BCUT2D eigenvalue weighted by Gasteiger charge is 2.39. The van der Waals surface area contributed by atoms with E-state index in [1.54, 1.807) is 0 Å². The van der Waals surface area contributed by atoms with Gasteiger partial charge in [0.2, 0.25) is 0 Å². The zero-order valence-electron chi connectivity index (χ0n) is 15.3. The first-order valence-electron chi connectivity index (χ1n) is 9.52. The molecule has 2 aromatic rings. The van der Waals surface area contributed by atoms with Crippen LogP contribution in [-0.2, 0) is 5.66 Å². The highest BCUT2D eigenvalue weighted by Crippen LogP contribution is 2.45. The summed E-state index contributed by atoms with van der Waals surface area (Å²) >= 11 is 6.08. The van der Waals surface area contributed by atoms with Crippen molar-refractivity contribution >= 4 is 23.2 Å². The summed E-state index contributed by atoms with van der Waals surface area (Å²) in [6, 6.07) is 13.8. The zero-order valence-corrected chi connectivity index (χ0v) is 16.0. The van der Waals surface area contributed by atoms with Gasteiger partial charge in [-0.05, 0) is 73.4 Å². The number of aliphatic imine (C=N–C) groups is 1. The maximum Gasteiger partial charge on any atom is 0.195 e. The molecule has 142 valence electrons. The van der Waals surface area contributed by atoms with Gasteiger partial charge in [0.05, 0.1) is 0 Å². The molecule has 1 saturated carbocycles. The van der Waals surface area contributed by atoms with Crippen LogP contribution in [0.15, 0.2) is 47.5 Å². The number of nitrogens with one attached hydrogen (secondary N) is 1. The molecule has 7 N–H and O–H groups in total. The van der Waals surface area contributed by atoms with Crippen molar-refractivity contribution in [2.75, 3.05) is 11.9 Å². The second-order valence-electron chi connectivity index (χ2n) is 7.62. The van der Waals surface area contributed by atoms with Crippen LogP contribution in [0.2, 0.25) is 5.02 Å². The first-order chi connectivity index (χ1) is 13.0. The van der Waals surface area contributed by atoms with Crippen molar-refractivity contribution in [3.8, 4) is 0 Å². The summed E-state index contributed by atoms with van der Waals surface area (Å²) in [6.45, 7) is 0.771. The Hall–Kier alpha value is -2.08. The van der Waals surface area contributed by atoms with Crippen LogP contribution in [0.3, 0.4) is 0 Å². The number of benzene rings is 2. The maximum absolute atomic E-state index is 6.92. The molecule has 0 radical (unpaired) electrons. The number of guanidine groups is 1. The first-order valence-corrected chi connectivity index (χ1v) is 9.90. The summed E-state index contributed by atoms with van der Waals surface area (Å²) in [5.41, 5.74) is 21.9. The Morgan fingerprint density at radius 2 is 1.78 bits per heavy atom. The van der Waals surface area contributed by atoms with Crippen LogP contribution >= 0.6 is 11.6 Å². The predicted molar refractivity (Wildman–Crippen MR) is 112 cm³/mol. The standard InChI is InChI=1S/C21H26ClN5/c22-16-10-8-15(9-11-16)21(25)19-17(14-6-4-13(12-23)5-7-14)2-1-3-18(19)26-20(24)27-21/h1-3,8-11,13-14H,4-7,12,23,25H2,(H3,24,26,27). The van der Waals surface area contributed by atoms with E-state index in [0.717, 1.165) is 49.0 Å². The second kappa shape index (κ2) is 7.15. The molecular weight excluding hydrogens is 358 g/mol. The molecule has 1 aliphatic heterocycles. The minimum Gasteiger partial charge on any atom is -0.370 e. The molecule has 0 spiro atoms. The van der Waals surface area contributed by atoms with Gasteiger partial charge >= 0.3 is 0 Å². The third-order valence-electron chi connectivity index (χ3n) is 5.94. The first kappa shape index (κ1) is 18.3. The Morgan fingerprint density at radius 1 is 1.07 bits per heavy atom. The number of anilines is 1. The van der Waals surface area contributed by atoms with E-state index < -0.39 is 5.66 Å². The molecule has 27 heavy (non-hydrogen) atoms. The minimum atomic E-state index is -1.03. The smallest absolute Gasteiger partial charge is 0.195 e. The van der Waals surface area contributed by atoms with E-state index in [-0.39, 0.29) is 0 Å². The van der Waals surface area contributed by atoms with E-state index in [1.165, 1.54) is 5.56 Å². The van der Waals surface area contributed by atoms with Crippen molar-refractivity contribution in [3.05, 3.63) is 64.2 Å². The van der Waals surface area contributed by atoms with Crippen LogP contribution in [0.25, 0.3) is 0 Å². The molecule has 1 heterocycles. The summed E-state index contributed by atoms with van der Waals surface area (Å²) in [5, 5.41) is 3.87. The van der Waals surface area contributed by atoms with Crippen molar-refractivity contribution in [2.24, 2.45) is 28.1 Å². The Bertz CT molecular complexity index is 855. The van der Waals surface area contributed by atoms with Crippen LogP contribution in [0.4, 0.5) is 5.69 Å². The van der Waals surface area contributed by atoms with Crippen molar-refractivity contribution in [1.82, 2.24) is 0 Å². The maximum atomic E-state index is 6.92. The molecule has 6 heteroatoms. The summed E-state index contributed by atoms with van der Waals surface area (Å²) in [7, 11) is 0. The van der Waals surface area contributed by atoms with E-state index in [2.05, 4.69) is 22.4 Å². The Kier molecular flexibility index (Phi) is 4.84. The monoisotopic (exact) mass is 383 g/mol. The Balaban J connectivity index is 1.81. The molecule has 1 unspecified atom stereocenters. The number of fused-ring (bicyclic) bond motifs is 1. The van der Waals surface area contributed by atoms with Gasteiger partial charge in [-0.2, -0.15) is 0 Å². The lowest BCUT2D eigenvalue weighted by atomic mass is 9.74. The van der Waals surface area contributed by atoms with Gasteiger partial charge in [-0.25, -0.2) is 4.99 Å². The highest BCUT2D eigenvalue weighted by molar-refractivity contribution is 6.30. The Labute approximate surface area is 165 Å². The van der Waals surface area contributed by atoms with E-state index in [9.17, 15) is 0 Å². The minimum absolute atomic E-state index is 0.323. The lowest BCUT2D eigenvalue weighted by molar-refractivity contribution is 0.330. The van der Waals surface area contributed by atoms with Crippen molar-refractivity contribution in [2.45, 2.75) is 37.3 Å². The molecule has 0 bridgehead atoms. The van der Waals surface area contributed by atoms with Crippen LogP contribution in [0, 0.1) is 5.92 Å². The average Bonchev–Trinajstić information content (AvgIpc) is 2.68. The van der Waals surface area contributed by atoms with Crippen molar-refractivity contribution in [1.29, 1.82) is 0 Å². The molecule has 1 aliphatic carbocycles. The number of hydrogen-bond acceptors (Lipinski definition) is 5. The number of nitrogens with zero attached hydrogens (tertiary/aromatic N) is 1. The average molecular weight is 384 g/mol. The van der Waals surface area contributed by atoms with Gasteiger partial charge in [0.15, 0.2) is 11.6 Å². The van der Waals surface area contributed by atoms with Gasteiger partial charge in [-0.1, -0.05) is 35.9 Å². The Morgan fingerprint density at radius 3 is 2.44 bits per heavy atom. The fourth-order valence-corrected chi connectivity index (χ4v) is 4.60. The summed E-state index contributed by atoms with van der Waals surface area (Å²) in [5.74, 6) is 1.41. The fraction of sp³-hybridized carbons (Fsp3) is 0.381. The lowest BCUT2D eigenvalue weighted by Gasteiger charge is -2.38. The van der Waals surface area contributed by atoms with Crippen LogP contribution in [-0.4, -0.2) is 12.5 Å². The largest absolute Gasteiger partial charge is 0.370 e. The number of hydrogen-bond donors (Lipinski definition) is 4. The topological polar surface area (TPSA) is 102 Å². The van der Waals surface area contributed by atoms with E-state index >= 15 is 0 Å². The second-order valence-corrected chi connectivity index (χ2v) is 8.05. The molecule has 1 atom stereocenters. The molecule has 4 rings (SSSR count). The summed E-state index contributed by atoms with van der Waals surface area (Å²) < 4.78 is 0. The highest BCUT2D eigenvalue weighted by atomic mass is 35.5. The van der Waals surface area contributed by atoms with Gasteiger partial charge in [0, 0.05) is 16.3 Å². The fourth-order valence-electron chi connectivity index (χ4n) is 4.47. The van der Waals surface area contributed by atoms with E-state index in [0.29, 0.717) is 22.8 Å². The molecule has 0 amide bonds. The lowest BCUT2D eigenvalue weighted by Crippen LogP contribution is -2.45. The molecule has 2 aromatic carbocycles.